The molecule has 1 atom stereocenters. The minimum atomic E-state index is -0.937. The number of aliphatic hydroxyl groups excluding tert-OH is 1. The summed E-state index contributed by atoms with van der Waals surface area (Å²) in [5.74, 6) is -0.0472. The third kappa shape index (κ3) is 3.48. The molecule has 122 valence electrons. The van der Waals surface area contributed by atoms with Gasteiger partial charge in [0.1, 0.15) is 6.04 Å². The van der Waals surface area contributed by atoms with Gasteiger partial charge in [-0.25, -0.2) is 0 Å². The van der Waals surface area contributed by atoms with Gasteiger partial charge in [-0.2, -0.15) is 4.98 Å². The summed E-state index contributed by atoms with van der Waals surface area (Å²) in [6.45, 7) is 1.40. The summed E-state index contributed by atoms with van der Waals surface area (Å²) in [4.78, 5) is 17.8. The van der Waals surface area contributed by atoms with E-state index >= 15 is 0 Å². The third-order valence-corrected chi connectivity index (χ3v) is 4.07. The van der Waals surface area contributed by atoms with Crippen LogP contribution >= 0.6 is 0 Å². The van der Waals surface area contributed by atoms with Crippen LogP contribution in [0.2, 0.25) is 0 Å². The van der Waals surface area contributed by atoms with Gasteiger partial charge in [-0.3, -0.25) is 9.69 Å². The Morgan fingerprint density at radius 2 is 2.05 bits per heavy atom. The third-order valence-electron chi connectivity index (χ3n) is 4.07. The molecular formula is C15H22N2O5. The van der Waals surface area contributed by atoms with Crippen LogP contribution in [0.3, 0.4) is 0 Å². The van der Waals surface area contributed by atoms with Crippen LogP contribution in [0.1, 0.15) is 24.4 Å². The Balaban J connectivity index is 2.27. The van der Waals surface area contributed by atoms with E-state index in [0.717, 1.165) is 12.8 Å². The van der Waals surface area contributed by atoms with Crippen LogP contribution in [-0.2, 0) is 4.79 Å². The highest BCUT2D eigenvalue weighted by atomic mass is 16.5. The number of nitrogens with zero attached hydrogens (tertiary/aromatic N) is 2. The van der Waals surface area contributed by atoms with Gasteiger partial charge in [0, 0.05) is 18.2 Å². The SMILES string of the molecule is COc1ccc([C@H](C(=O)O)N2CCC(CO)CC2)c(OC)n1. The minimum absolute atomic E-state index is 0.152. The Morgan fingerprint density at radius 3 is 2.55 bits per heavy atom. The van der Waals surface area contributed by atoms with Crippen molar-refractivity contribution in [2.24, 2.45) is 5.92 Å². The zero-order valence-corrected chi connectivity index (χ0v) is 12.9. The number of carboxylic acid groups (broad SMARTS) is 1. The summed E-state index contributed by atoms with van der Waals surface area (Å²) in [6, 6.07) is 2.50. The standard InChI is InChI=1S/C15H22N2O5/c1-21-12-4-3-11(14(16-12)22-2)13(15(19)20)17-7-5-10(9-18)6-8-17/h3-4,10,13,18H,5-9H2,1-2H3,(H,19,20)/t13-/m1/s1. The molecule has 1 aliphatic rings. The lowest BCUT2D eigenvalue weighted by Crippen LogP contribution is -2.41. The Kier molecular flexibility index (Phi) is 5.57. The molecule has 1 fully saturated rings. The van der Waals surface area contributed by atoms with Crippen LogP contribution < -0.4 is 9.47 Å². The number of piperidine rings is 1. The molecule has 1 aromatic rings. The maximum Gasteiger partial charge on any atom is 0.325 e. The van der Waals surface area contributed by atoms with Crippen molar-refractivity contribution < 1.29 is 24.5 Å². The van der Waals surface area contributed by atoms with Gasteiger partial charge in [0.15, 0.2) is 0 Å². The zero-order valence-electron chi connectivity index (χ0n) is 12.9. The molecule has 0 aliphatic carbocycles. The number of hydrogen-bond donors (Lipinski definition) is 2. The fourth-order valence-corrected chi connectivity index (χ4v) is 2.80. The number of carboxylic acids is 1. The molecule has 1 saturated heterocycles. The van der Waals surface area contributed by atoms with E-state index in [-0.39, 0.29) is 18.4 Å². The number of aromatic nitrogens is 1. The Hall–Kier alpha value is -1.86. The maximum absolute atomic E-state index is 11.8. The first kappa shape index (κ1) is 16.5. The quantitative estimate of drug-likeness (QED) is 0.807. The predicted molar refractivity (Wildman–Crippen MR) is 79.1 cm³/mol. The fraction of sp³-hybridized carbons (Fsp3) is 0.600. The van der Waals surface area contributed by atoms with E-state index < -0.39 is 12.0 Å². The molecule has 2 N–H and O–H groups in total. The molecule has 1 aromatic heterocycles. The largest absolute Gasteiger partial charge is 0.481 e. The predicted octanol–water partition coefficient (Wildman–Crippen LogP) is 0.929. The Labute approximate surface area is 129 Å². The van der Waals surface area contributed by atoms with Gasteiger partial charge in [-0.15, -0.1) is 0 Å². The highest BCUT2D eigenvalue weighted by Gasteiger charge is 2.33. The number of likely N-dealkylation sites (tertiary alicyclic amines) is 1. The molecule has 1 aliphatic heterocycles. The number of methoxy groups -OCH3 is 2. The average Bonchev–Trinajstić information content (AvgIpc) is 2.55. The zero-order chi connectivity index (χ0) is 16.1. The molecule has 0 aromatic carbocycles. The van der Waals surface area contributed by atoms with Crippen molar-refractivity contribution >= 4 is 5.97 Å². The smallest absolute Gasteiger partial charge is 0.325 e. The summed E-state index contributed by atoms with van der Waals surface area (Å²) in [5, 5.41) is 18.8. The van der Waals surface area contributed by atoms with Crippen LogP contribution in [0.15, 0.2) is 12.1 Å². The lowest BCUT2D eigenvalue weighted by Gasteiger charge is -2.35. The highest BCUT2D eigenvalue weighted by molar-refractivity contribution is 5.76. The molecule has 2 heterocycles. The van der Waals surface area contributed by atoms with Crippen molar-refractivity contribution in [3.63, 3.8) is 0 Å². The molecule has 0 radical (unpaired) electrons. The second-order valence-corrected chi connectivity index (χ2v) is 5.35. The second kappa shape index (κ2) is 7.42. The highest BCUT2D eigenvalue weighted by Crippen LogP contribution is 2.32. The van der Waals surface area contributed by atoms with Crippen LogP contribution in [0.4, 0.5) is 0 Å². The van der Waals surface area contributed by atoms with Crippen LogP contribution in [-0.4, -0.2) is 60.0 Å². The van der Waals surface area contributed by atoms with Gasteiger partial charge < -0.3 is 19.7 Å². The van der Waals surface area contributed by atoms with Crippen LogP contribution in [0.25, 0.3) is 0 Å². The van der Waals surface area contributed by atoms with Crippen molar-refractivity contribution in [1.29, 1.82) is 0 Å². The van der Waals surface area contributed by atoms with E-state index in [4.69, 9.17) is 9.47 Å². The molecule has 7 nitrogen and oxygen atoms in total. The van der Waals surface area contributed by atoms with Crippen molar-refractivity contribution in [2.45, 2.75) is 18.9 Å². The maximum atomic E-state index is 11.8. The first-order valence-electron chi connectivity index (χ1n) is 7.27. The number of rotatable bonds is 6. The van der Waals surface area contributed by atoms with Gasteiger partial charge in [-0.05, 0) is 37.9 Å². The van der Waals surface area contributed by atoms with Gasteiger partial charge in [0.25, 0.3) is 0 Å². The number of hydrogen-bond acceptors (Lipinski definition) is 6. The van der Waals surface area contributed by atoms with E-state index in [1.807, 2.05) is 4.90 Å². The van der Waals surface area contributed by atoms with E-state index in [9.17, 15) is 15.0 Å². The van der Waals surface area contributed by atoms with Crippen molar-refractivity contribution in [3.8, 4) is 11.8 Å². The molecule has 0 spiro atoms. The number of carbonyl (C=O) groups is 1. The van der Waals surface area contributed by atoms with E-state index in [2.05, 4.69) is 4.98 Å². The van der Waals surface area contributed by atoms with E-state index in [0.29, 0.717) is 24.5 Å². The fourth-order valence-electron chi connectivity index (χ4n) is 2.80. The first-order chi connectivity index (χ1) is 10.6. The van der Waals surface area contributed by atoms with Gasteiger partial charge >= 0.3 is 5.97 Å². The lowest BCUT2D eigenvalue weighted by atomic mass is 9.95. The lowest BCUT2D eigenvalue weighted by molar-refractivity contribution is -0.144. The van der Waals surface area contributed by atoms with Crippen molar-refractivity contribution in [2.75, 3.05) is 33.9 Å². The first-order valence-corrected chi connectivity index (χ1v) is 7.27. The number of ether oxygens (including phenoxy) is 2. The normalized spacial score (nSPS) is 18.0. The molecule has 0 saturated carbocycles. The molecule has 22 heavy (non-hydrogen) atoms. The summed E-state index contributed by atoms with van der Waals surface area (Å²) < 4.78 is 10.3. The van der Waals surface area contributed by atoms with E-state index in [1.54, 1.807) is 12.1 Å². The summed E-state index contributed by atoms with van der Waals surface area (Å²) in [6.07, 6.45) is 1.57. The van der Waals surface area contributed by atoms with Crippen molar-refractivity contribution in [1.82, 2.24) is 9.88 Å². The molecule has 7 heteroatoms. The summed E-state index contributed by atoms with van der Waals surface area (Å²) in [5.41, 5.74) is 0.512. The molecule has 0 bridgehead atoms. The molecule has 0 amide bonds. The average molecular weight is 310 g/mol. The van der Waals surface area contributed by atoms with E-state index in [1.165, 1.54) is 14.2 Å². The van der Waals surface area contributed by atoms with Gasteiger partial charge in [0.05, 0.1) is 14.2 Å². The minimum Gasteiger partial charge on any atom is -0.481 e. The summed E-state index contributed by atoms with van der Waals surface area (Å²) >= 11 is 0. The second-order valence-electron chi connectivity index (χ2n) is 5.35. The molecule has 0 unspecified atom stereocenters. The number of pyridine rings is 1. The Morgan fingerprint density at radius 1 is 1.36 bits per heavy atom. The van der Waals surface area contributed by atoms with Crippen molar-refractivity contribution in [3.05, 3.63) is 17.7 Å². The van der Waals surface area contributed by atoms with Gasteiger partial charge in [0.2, 0.25) is 11.8 Å². The van der Waals surface area contributed by atoms with Crippen LogP contribution in [0.5, 0.6) is 11.8 Å². The molecule has 2 rings (SSSR count). The molecular weight excluding hydrogens is 288 g/mol. The number of aliphatic carboxylic acids is 1. The van der Waals surface area contributed by atoms with Crippen LogP contribution in [0, 0.1) is 5.92 Å². The topological polar surface area (TPSA) is 92.1 Å². The summed E-state index contributed by atoms with van der Waals surface area (Å²) in [7, 11) is 2.96. The van der Waals surface area contributed by atoms with Gasteiger partial charge in [-0.1, -0.05) is 0 Å². The number of aliphatic hydroxyl groups is 1. The Bertz CT molecular complexity index is 515. The monoisotopic (exact) mass is 310 g/mol.